The predicted molar refractivity (Wildman–Crippen MR) is 161 cm³/mol. The van der Waals surface area contributed by atoms with Crippen LogP contribution in [0.15, 0.2) is 72.8 Å². The Morgan fingerprint density at radius 2 is 1.53 bits per heavy atom. The van der Waals surface area contributed by atoms with Gasteiger partial charge in [-0.3, -0.25) is 14.4 Å². The summed E-state index contributed by atoms with van der Waals surface area (Å²) in [5, 5.41) is 1.08. The Labute approximate surface area is 260 Å². The quantitative estimate of drug-likeness (QED) is 0.265. The summed E-state index contributed by atoms with van der Waals surface area (Å²) in [5.41, 5.74) is 2.26. The molecule has 2 aliphatic rings. The summed E-state index contributed by atoms with van der Waals surface area (Å²) < 4.78 is 25.2. The number of hydrogen-bond acceptors (Lipinski definition) is 5. The molecule has 3 aromatic rings. The maximum atomic E-state index is 14.5. The highest BCUT2D eigenvalue weighted by molar-refractivity contribution is 6.30. The van der Waals surface area contributed by atoms with Gasteiger partial charge in [0.05, 0.1) is 19.1 Å². The van der Waals surface area contributed by atoms with E-state index in [4.69, 9.17) is 32.7 Å². The van der Waals surface area contributed by atoms with Crippen molar-refractivity contribution in [1.82, 2.24) is 9.80 Å². The van der Waals surface area contributed by atoms with E-state index >= 15 is 0 Å². The summed E-state index contributed by atoms with van der Waals surface area (Å²) >= 11 is 12.5. The van der Waals surface area contributed by atoms with Crippen LogP contribution in [0.5, 0.6) is 0 Å². The molecule has 10 heteroatoms. The van der Waals surface area contributed by atoms with Crippen molar-refractivity contribution in [2.75, 3.05) is 20.2 Å². The van der Waals surface area contributed by atoms with Gasteiger partial charge in [-0.05, 0) is 59.5 Å². The number of morpholine rings is 1. The molecule has 0 saturated carbocycles. The van der Waals surface area contributed by atoms with Crippen molar-refractivity contribution >= 4 is 41.0 Å². The van der Waals surface area contributed by atoms with Crippen LogP contribution in [0.1, 0.15) is 48.6 Å². The molecule has 43 heavy (non-hydrogen) atoms. The van der Waals surface area contributed by atoms with Crippen LogP contribution in [0.25, 0.3) is 0 Å². The summed E-state index contributed by atoms with van der Waals surface area (Å²) in [7, 11) is 1.33. The lowest BCUT2D eigenvalue weighted by Gasteiger charge is -2.49. The number of ether oxygens (including phenoxy) is 2. The van der Waals surface area contributed by atoms with Crippen LogP contribution in [0.2, 0.25) is 10.0 Å². The summed E-state index contributed by atoms with van der Waals surface area (Å²) in [4.78, 5) is 43.9. The fourth-order valence-electron chi connectivity index (χ4n) is 5.82. The van der Waals surface area contributed by atoms with E-state index in [9.17, 15) is 18.8 Å². The second-order valence-electron chi connectivity index (χ2n) is 10.9. The number of hydrogen-bond donors (Lipinski definition) is 0. The summed E-state index contributed by atoms with van der Waals surface area (Å²) in [6.07, 6.45) is -0.371. The highest BCUT2D eigenvalue weighted by atomic mass is 35.5. The van der Waals surface area contributed by atoms with E-state index < -0.39 is 30.2 Å². The molecule has 4 atom stereocenters. The second-order valence-corrected chi connectivity index (χ2v) is 11.8. The number of methoxy groups -OCH3 is 1. The van der Waals surface area contributed by atoms with Crippen LogP contribution >= 0.6 is 23.2 Å². The van der Waals surface area contributed by atoms with Gasteiger partial charge in [0, 0.05) is 29.6 Å². The van der Waals surface area contributed by atoms with Crippen LogP contribution in [0.3, 0.4) is 0 Å². The van der Waals surface area contributed by atoms with Crippen molar-refractivity contribution in [3.63, 3.8) is 0 Å². The number of halogens is 3. The van der Waals surface area contributed by atoms with Gasteiger partial charge in [0.15, 0.2) is 0 Å². The smallest absolute Gasteiger partial charge is 0.312 e. The predicted octanol–water partition coefficient (Wildman–Crippen LogP) is 6.19. The van der Waals surface area contributed by atoms with Gasteiger partial charge >= 0.3 is 5.97 Å². The van der Waals surface area contributed by atoms with Crippen molar-refractivity contribution in [3.8, 4) is 0 Å². The number of benzene rings is 3. The Bertz CT molecular complexity index is 1450. The van der Waals surface area contributed by atoms with Gasteiger partial charge in [-0.1, -0.05) is 72.9 Å². The fourth-order valence-corrected chi connectivity index (χ4v) is 6.08. The van der Waals surface area contributed by atoms with Gasteiger partial charge in [0.25, 0.3) is 5.91 Å². The lowest BCUT2D eigenvalue weighted by molar-refractivity contribution is -0.185. The molecule has 0 aromatic heterocycles. The van der Waals surface area contributed by atoms with Crippen molar-refractivity contribution in [1.29, 1.82) is 0 Å². The molecule has 5 rings (SSSR count). The molecule has 0 N–H and O–H groups in total. The first-order chi connectivity index (χ1) is 20.7. The summed E-state index contributed by atoms with van der Waals surface area (Å²) in [6.45, 7) is 2.42. The van der Waals surface area contributed by atoms with Gasteiger partial charge in [0.2, 0.25) is 5.91 Å². The van der Waals surface area contributed by atoms with Crippen LogP contribution in [0.4, 0.5) is 4.39 Å². The molecular weight excluding hydrogens is 594 g/mol. The zero-order chi connectivity index (χ0) is 30.7. The van der Waals surface area contributed by atoms with Crippen molar-refractivity contribution < 1.29 is 28.2 Å². The molecule has 0 radical (unpaired) electrons. The van der Waals surface area contributed by atoms with Crippen molar-refractivity contribution in [3.05, 3.63) is 105 Å². The molecule has 2 fully saturated rings. The third-order valence-corrected chi connectivity index (χ3v) is 8.59. The van der Waals surface area contributed by atoms with Crippen LogP contribution in [-0.2, 0) is 30.3 Å². The Morgan fingerprint density at radius 1 is 0.953 bits per heavy atom. The van der Waals surface area contributed by atoms with Crippen LogP contribution in [-0.4, -0.2) is 59.9 Å². The molecule has 2 aliphatic heterocycles. The Kier molecular flexibility index (Phi) is 9.69. The van der Waals surface area contributed by atoms with Crippen LogP contribution in [0, 0.1) is 11.7 Å². The summed E-state index contributed by atoms with van der Waals surface area (Å²) in [5.74, 6) is -1.70. The van der Waals surface area contributed by atoms with E-state index in [2.05, 4.69) is 0 Å². The average molecular weight is 628 g/mol. The Hall–Kier alpha value is -3.46. The largest absolute Gasteiger partial charge is 0.469 e. The molecule has 7 nitrogen and oxygen atoms in total. The normalized spacial score (nSPS) is 21.3. The minimum atomic E-state index is -0.943. The van der Waals surface area contributed by atoms with Gasteiger partial charge in [0.1, 0.15) is 24.1 Å². The number of carbonyl (C=O) groups is 3. The summed E-state index contributed by atoms with van der Waals surface area (Å²) in [6, 6.07) is 18.9. The number of rotatable bonds is 9. The first-order valence-corrected chi connectivity index (χ1v) is 15.0. The van der Waals surface area contributed by atoms with E-state index in [0.717, 1.165) is 16.7 Å². The Morgan fingerprint density at radius 3 is 2.09 bits per heavy atom. The molecular formula is C33H33Cl2FN2O5. The van der Waals surface area contributed by atoms with Gasteiger partial charge in [-0.2, -0.15) is 0 Å². The van der Waals surface area contributed by atoms with E-state index in [1.807, 2.05) is 31.2 Å². The molecule has 3 aromatic carbocycles. The first-order valence-electron chi connectivity index (χ1n) is 14.3. The molecule has 2 heterocycles. The van der Waals surface area contributed by atoms with Crippen molar-refractivity contribution in [2.45, 2.75) is 50.5 Å². The standard InChI is InChI=1S/C33H33Cl2FN2O5/c1-3-4-27(31(39)37-18-23(19-37)33(41)42-2)38-29(21-7-11-24(34)12-8-21)30(22-9-13-25(35)14-10-22)43-28(32(38)40)17-20-5-15-26(36)16-6-20/h5-16,23,27-30H,3-4,17-19H2,1-2H3/t27?,28-,29+,30-/m0/s1. The highest BCUT2D eigenvalue weighted by Gasteiger charge is 2.50. The van der Waals surface area contributed by atoms with E-state index in [0.29, 0.717) is 22.9 Å². The molecule has 226 valence electrons. The SMILES string of the molecule is CCCC(C(=O)N1CC(C(=O)OC)C1)N1C(=O)[C@H](Cc2ccc(F)cc2)O[C@@H](c2ccc(Cl)cc2)[C@H]1c1ccc(Cl)cc1. The second kappa shape index (κ2) is 13.5. The number of amides is 2. The molecule has 0 aliphatic carbocycles. The third kappa shape index (κ3) is 6.71. The minimum Gasteiger partial charge on any atom is -0.469 e. The van der Waals surface area contributed by atoms with Crippen LogP contribution < -0.4 is 0 Å². The van der Waals surface area contributed by atoms with Gasteiger partial charge in [-0.25, -0.2) is 4.39 Å². The molecule has 0 spiro atoms. The van der Waals surface area contributed by atoms with Crippen molar-refractivity contribution in [2.24, 2.45) is 5.92 Å². The maximum Gasteiger partial charge on any atom is 0.312 e. The number of likely N-dealkylation sites (tertiary alicyclic amines) is 1. The van der Waals surface area contributed by atoms with Gasteiger partial charge < -0.3 is 19.3 Å². The zero-order valence-electron chi connectivity index (χ0n) is 23.9. The fraction of sp³-hybridized carbons (Fsp3) is 0.364. The topological polar surface area (TPSA) is 76.2 Å². The number of esters is 1. The lowest BCUT2D eigenvalue weighted by atomic mass is 9.88. The number of nitrogens with zero attached hydrogens (tertiary/aromatic N) is 2. The molecule has 2 amide bonds. The van der Waals surface area contributed by atoms with Gasteiger partial charge in [-0.15, -0.1) is 0 Å². The lowest BCUT2D eigenvalue weighted by Crippen LogP contribution is -2.63. The maximum absolute atomic E-state index is 14.5. The number of carbonyl (C=O) groups excluding carboxylic acids is 3. The highest BCUT2D eigenvalue weighted by Crippen LogP contribution is 2.45. The van der Waals surface area contributed by atoms with E-state index in [-0.39, 0.29) is 43.1 Å². The minimum absolute atomic E-state index is 0.189. The van der Waals surface area contributed by atoms with E-state index in [1.165, 1.54) is 19.2 Å². The monoisotopic (exact) mass is 626 g/mol. The molecule has 0 bridgehead atoms. The average Bonchev–Trinajstić information content (AvgIpc) is 2.98. The molecule has 2 saturated heterocycles. The van der Waals surface area contributed by atoms with E-state index in [1.54, 1.807) is 46.2 Å². The third-order valence-electron chi connectivity index (χ3n) is 8.08. The first kappa shape index (κ1) is 31.0. The zero-order valence-corrected chi connectivity index (χ0v) is 25.4. The molecule has 1 unspecified atom stereocenters. The Balaban J connectivity index is 1.59.